The van der Waals surface area contributed by atoms with Crippen molar-refractivity contribution in [3.63, 3.8) is 0 Å². The molecule has 0 aromatic heterocycles. The van der Waals surface area contributed by atoms with Gasteiger partial charge in [0.05, 0.1) is 6.16 Å². The maximum absolute atomic E-state index is 2.45. The highest BCUT2D eigenvalue weighted by Gasteiger charge is 2.15. The van der Waals surface area contributed by atoms with Crippen molar-refractivity contribution < 1.29 is 5.48 Å². The zero-order valence-electron chi connectivity index (χ0n) is 11.3. The van der Waals surface area contributed by atoms with E-state index in [1.807, 2.05) is 0 Å². The Balaban J connectivity index is 0. The van der Waals surface area contributed by atoms with Gasteiger partial charge in [0.1, 0.15) is 0 Å². The monoisotopic (exact) mass is 234 g/mol. The molecule has 0 aromatic rings. The van der Waals surface area contributed by atoms with Gasteiger partial charge < -0.3 is 5.48 Å². The molecule has 0 aliphatic heterocycles. The van der Waals surface area contributed by atoms with Crippen LogP contribution in [0.25, 0.3) is 0 Å². The zero-order valence-corrected chi connectivity index (χ0v) is 12.2. The summed E-state index contributed by atoms with van der Waals surface area (Å²) in [5, 5.41) is 0. The maximum atomic E-state index is 2.45. The van der Waals surface area contributed by atoms with E-state index in [1.54, 1.807) is 0 Å². The summed E-state index contributed by atoms with van der Waals surface area (Å²) in [5.41, 5.74) is 0. The van der Waals surface area contributed by atoms with Gasteiger partial charge in [-0.2, -0.15) is 0 Å². The molecule has 0 saturated heterocycles. The summed E-state index contributed by atoms with van der Waals surface area (Å²) in [5.74, 6) is 0. The second-order valence-electron chi connectivity index (χ2n) is 5.49. The molecule has 0 amide bonds. The molecule has 0 aliphatic carbocycles. The van der Waals surface area contributed by atoms with Gasteiger partial charge in [-0.25, -0.2) is 0 Å². The van der Waals surface area contributed by atoms with E-state index in [9.17, 15) is 0 Å². The van der Waals surface area contributed by atoms with E-state index in [-0.39, 0.29) is 5.48 Å². The van der Waals surface area contributed by atoms with Crippen LogP contribution in [0.15, 0.2) is 0 Å². The van der Waals surface area contributed by atoms with E-state index in [0.29, 0.717) is 0 Å². The van der Waals surface area contributed by atoms with Crippen LogP contribution in [0, 0.1) is 0 Å². The van der Waals surface area contributed by atoms with E-state index in [0.717, 1.165) is 0 Å². The third-order valence-corrected chi connectivity index (χ3v) is 4.34. The standard InChI is InChI=1S/C13H30P.H2O/c1-5-6-7-8-9-10-11-12-13-14(2,3)4;/h5-13H2,1-4H3;1H2/q+1;/p-1. The molecule has 0 saturated carbocycles. The fourth-order valence-electron chi connectivity index (χ4n) is 1.72. The van der Waals surface area contributed by atoms with Gasteiger partial charge in [0.25, 0.3) is 0 Å². The van der Waals surface area contributed by atoms with Gasteiger partial charge in [0, 0.05) is 27.3 Å². The highest BCUT2D eigenvalue weighted by atomic mass is 31.2. The zero-order chi connectivity index (χ0) is 10.9. The van der Waals surface area contributed by atoms with Crippen molar-refractivity contribution in [1.82, 2.24) is 0 Å². The first-order valence-electron chi connectivity index (χ1n) is 6.36. The summed E-state index contributed by atoms with van der Waals surface area (Å²) in [6.07, 6.45) is 13.1. The molecular weight excluding hydrogens is 203 g/mol. The van der Waals surface area contributed by atoms with E-state index in [2.05, 4.69) is 26.9 Å². The van der Waals surface area contributed by atoms with E-state index in [1.165, 1.54) is 57.5 Å². The van der Waals surface area contributed by atoms with Gasteiger partial charge in [0.2, 0.25) is 0 Å². The number of hydrogen-bond acceptors (Lipinski definition) is 1. The van der Waals surface area contributed by atoms with Crippen molar-refractivity contribution in [2.24, 2.45) is 0 Å². The first-order chi connectivity index (χ1) is 6.56. The smallest absolute Gasteiger partial charge is 0.0586 e. The third kappa shape index (κ3) is 17.0. The Morgan fingerprint density at radius 2 is 1.07 bits per heavy atom. The Kier molecular flexibility index (Phi) is 12.9. The van der Waals surface area contributed by atoms with Crippen molar-refractivity contribution in [3.8, 4) is 0 Å². The van der Waals surface area contributed by atoms with Gasteiger partial charge in [-0.3, -0.25) is 0 Å². The van der Waals surface area contributed by atoms with E-state index < -0.39 is 7.26 Å². The quantitative estimate of drug-likeness (QED) is 0.414. The lowest BCUT2D eigenvalue weighted by atomic mass is 10.1. The Bertz CT molecular complexity index is 118. The third-order valence-electron chi connectivity index (χ3n) is 2.68. The molecule has 0 radical (unpaired) electrons. The lowest BCUT2D eigenvalue weighted by Crippen LogP contribution is -1.92. The van der Waals surface area contributed by atoms with Crippen LogP contribution < -0.4 is 0 Å². The van der Waals surface area contributed by atoms with Gasteiger partial charge in [0.15, 0.2) is 0 Å². The van der Waals surface area contributed by atoms with Crippen LogP contribution in [0.3, 0.4) is 0 Å². The summed E-state index contributed by atoms with van der Waals surface area (Å²) in [6.45, 7) is 9.64. The second-order valence-corrected chi connectivity index (χ2v) is 10.5. The van der Waals surface area contributed by atoms with Gasteiger partial charge >= 0.3 is 0 Å². The minimum atomic E-state index is -0.482. The van der Waals surface area contributed by atoms with E-state index >= 15 is 0 Å². The van der Waals surface area contributed by atoms with Crippen molar-refractivity contribution in [2.75, 3.05) is 26.2 Å². The predicted octanol–water partition coefficient (Wildman–Crippen LogP) is 4.86. The van der Waals surface area contributed by atoms with Crippen molar-refractivity contribution in [2.45, 2.75) is 58.3 Å². The van der Waals surface area contributed by atoms with Crippen LogP contribution in [0.5, 0.6) is 0 Å². The molecule has 15 heavy (non-hydrogen) atoms. The molecule has 0 heterocycles. The molecule has 0 rings (SSSR count). The molecule has 0 aliphatic rings. The Labute approximate surface area is 97.7 Å². The lowest BCUT2D eigenvalue weighted by molar-refractivity contribution is 0.586. The van der Waals surface area contributed by atoms with Crippen molar-refractivity contribution >= 4 is 7.26 Å². The lowest BCUT2D eigenvalue weighted by Gasteiger charge is -2.10. The Morgan fingerprint density at radius 3 is 1.47 bits per heavy atom. The van der Waals surface area contributed by atoms with Crippen LogP contribution in [-0.2, 0) is 0 Å². The molecular formula is C13H31OP. The van der Waals surface area contributed by atoms with Crippen LogP contribution in [0.1, 0.15) is 58.3 Å². The summed E-state index contributed by atoms with van der Waals surface area (Å²) < 4.78 is 0. The molecule has 1 N–H and O–H groups in total. The molecule has 0 atom stereocenters. The number of rotatable bonds is 9. The maximum Gasteiger partial charge on any atom is 0.0586 e. The first-order valence-corrected chi connectivity index (χ1v) is 9.68. The topological polar surface area (TPSA) is 30.0 Å². The van der Waals surface area contributed by atoms with Crippen molar-refractivity contribution in [3.05, 3.63) is 0 Å². The van der Waals surface area contributed by atoms with Crippen molar-refractivity contribution in [1.29, 1.82) is 0 Å². The summed E-state index contributed by atoms with van der Waals surface area (Å²) in [6, 6.07) is 0. The SMILES string of the molecule is CCCCCCCCCC[P+](C)(C)C.[OH-]. The molecule has 94 valence electrons. The van der Waals surface area contributed by atoms with Gasteiger partial charge in [-0.15, -0.1) is 0 Å². The number of unbranched alkanes of at least 4 members (excludes halogenated alkanes) is 7. The van der Waals surface area contributed by atoms with Crippen LogP contribution in [0.2, 0.25) is 0 Å². The highest BCUT2D eigenvalue weighted by molar-refractivity contribution is 7.73. The van der Waals surface area contributed by atoms with Crippen LogP contribution >= 0.6 is 7.26 Å². The molecule has 1 nitrogen and oxygen atoms in total. The summed E-state index contributed by atoms with van der Waals surface area (Å²) >= 11 is 0. The van der Waals surface area contributed by atoms with Crippen LogP contribution in [0.4, 0.5) is 0 Å². The highest BCUT2D eigenvalue weighted by Crippen LogP contribution is 2.47. The molecule has 0 unspecified atom stereocenters. The average Bonchev–Trinajstić information content (AvgIpc) is 2.08. The Hall–Kier alpha value is 0.390. The fraction of sp³-hybridized carbons (Fsp3) is 1.00. The predicted molar refractivity (Wildman–Crippen MR) is 74.1 cm³/mol. The molecule has 0 fully saturated rings. The molecule has 0 spiro atoms. The molecule has 0 bridgehead atoms. The minimum absolute atomic E-state index is 0. The normalized spacial score (nSPS) is 11.2. The average molecular weight is 234 g/mol. The summed E-state index contributed by atoms with van der Waals surface area (Å²) in [7, 11) is -0.482. The first kappa shape index (κ1) is 17.8. The largest absolute Gasteiger partial charge is 0.870 e. The fourth-order valence-corrected chi connectivity index (χ4v) is 2.89. The summed E-state index contributed by atoms with van der Waals surface area (Å²) in [4.78, 5) is 0. The Morgan fingerprint density at radius 1 is 0.667 bits per heavy atom. The van der Waals surface area contributed by atoms with Gasteiger partial charge in [-0.1, -0.05) is 45.4 Å². The number of hydrogen-bond donors (Lipinski definition) is 0. The van der Waals surface area contributed by atoms with Crippen LogP contribution in [-0.4, -0.2) is 31.6 Å². The second kappa shape index (κ2) is 10.9. The molecule has 2 heteroatoms. The minimum Gasteiger partial charge on any atom is -0.870 e. The van der Waals surface area contributed by atoms with Gasteiger partial charge in [-0.05, 0) is 12.8 Å². The molecule has 0 aromatic carbocycles. The van der Waals surface area contributed by atoms with E-state index in [4.69, 9.17) is 0 Å².